The number of allylic oxidation sites excluding steroid dienone is 1. The van der Waals surface area contributed by atoms with Gasteiger partial charge in [0.25, 0.3) is 0 Å². The first-order valence-corrected chi connectivity index (χ1v) is 4.18. The molecule has 0 amide bonds. The summed E-state index contributed by atoms with van der Waals surface area (Å²) >= 11 is 0. The molecule has 1 atom stereocenters. The van der Waals surface area contributed by atoms with Crippen LogP contribution < -0.4 is 5.32 Å². The molecular weight excluding hydrogens is 122 g/mol. The first-order chi connectivity index (χ1) is 4.79. The quantitative estimate of drug-likeness (QED) is 0.507. The minimum Gasteiger partial charge on any atom is -0.314 e. The summed E-state index contributed by atoms with van der Waals surface area (Å²) in [6, 6.07) is 0.712. The Morgan fingerprint density at radius 3 is 3.20 bits per heavy atom. The first-order valence-electron chi connectivity index (χ1n) is 4.18. The molecule has 0 aromatic rings. The summed E-state index contributed by atoms with van der Waals surface area (Å²) in [7, 11) is 0. The Bertz CT molecular complexity index is 127. The topological polar surface area (TPSA) is 12.0 Å². The minimum absolute atomic E-state index is 0.712. The average Bonchev–Trinajstić information content (AvgIpc) is 1.90. The maximum Gasteiger partial charge on any atom is 0.00418 e. The molecule has 1 aliphatic heterocycles. The van der Waals surface area contributed by atoms with Gasteiger partial charge in [0.15, 0.2) is 0 Å². The third-order valence-electron chi connectivity index (χ3n) is 2.10. The highest BCUT2D eigenvalue weighted by Gasteiger charge is 2.03. The fourth-order valence-electron chi connectivity index (χ4n) is 1.30. The van der Waals surface area contributed by atoms with Crippen LogP contribution in [-0.4, -0.2) is 12.6 Å². The van der Waals surface area contributed by atoms with Crippen LogP contribution >= 0.6 is 0 Å². The summed E-state index contributed by atoms with van der Waals surface area (Å²) in [4.78, 5) is 0. The number of hydrogen-bond donors (Lipinski definition) is 1. The molecule has 1 heteroatoms. The molecule has 1 rings (SSSR count). The molecule has 1 N–H and O–H groups in total. The standard InChI is InChI=1S/C9H17N/c1-8-4-3-7-10-9(2)6-5-8/h4,9-10H,3,5-7H2,1-2H3/b8-4+/t9-/m1/s1. The van der Waals surface area contributed by atoms with Gasteiger partial charge < -0.3 is 5.32 Å². The van der Waals surface area contributed by atoms with Gasteiger partial charge >= 0.3 is 0 Å². The summed E-state index contributed by atoms with van der Waals surface area (Å²) < 4.78 is 0. The Morgan fingerprint density at radius 2 is 2.40 bits per heavy atom. The Morgan fingerprint density at radius 1 is 1.60 bits per heavy atom. The fourth-order valence-corrected chi connectivity index (χ4v) is 1.30. The van der Waals surface area contributed by atoms with Crippen molar-refractivity contribution in [3.8, 4) is 0 Å². The van der Waals surface area contributed by atoms with Crippen molar-refractivity contribution in [1.29, 1.82) is 0 Å². The maximum atomic E-state index is 3.46. The van der Waals surface area contributed by atoms with Gasteiger partial charge in [0.05, 0.1) is 0 Å². The summed E-state index contributed by atoms with van der Waals surface area (Å²) in [6.45, 7) is 5.65. The van der Waals surface area contributed by atoms with Crippen LogP contribution in [0.15, 0.2) is 11.6 Å². The van der Waals surface area contributed by atoms with Crippen molar-refractivity contribution < 1.29 is 0 Å². The van der Waals surface area contributed by atoms with Crippen molar-refractivity contribution in [2.75, 3.05) is 6.54 Å². The predicted octanol–water partition coefficient (Wildman–Crippen LogP) is 2.09. The van der Waals surface area contributed by atoms with Gasteiger partial charge in [0, 0.05) is 6.04 Å². The van der Waals surface area contributed by atoms with E-state index < -0.39 is 0 Å². The van der Waals surface area contributed by atoms with Crippen LogP contribution in [0.5, 0.6) is 0 Å². The number of nitrogens with one attached hydrogen (secondary N) is 1. The summed E-state index contributed by atoms with van der Waals surface area (Å²) in [5.74, 6) is 0. The Balaban J connectivity index is 2.39. The molecule has 0 aromatic heterocycles. The van der Waals surface area contributed by atoms with Crippen LogP contribution in [0.1, 0.15) is 33.1 Å². The van der Waals surface area contributed by atoms with Crippen molar-refractivity contribution in [3.63, 3.8) is 0 Å². The van der Waals surface area contributed by atoms with Crippen molar-refractivity contribution in [2.24, 2.45) is 0 Å². The summed E-state index contributed by atoms with van der Waals surface area (Å²) in [6.07, 6.45) is 6.12. The highest BCUT2D eigenvalue weighted by atomic mass is 14.9. The molecule has 0 saturated heterocycles. The maximum absolute atomic E-state index is 3.46. The lowest BCUT2D eigenvalue weighted by Gasteiger charge is -2.15. The Kier molecular flexibility index (Phi) is 2.94. The van der Waals surface area contributed by atoms with Crippen LogP contribution in [0.25, 0.3) is 0 Å². The third-order valence-corrected chi connectivity index (χ3v) is 2.10. The van der Waals surface area contributed by atoms with Crippen LogP contribution in [0.4, 0.5) is 0 Å². The minimum atomic E-state index is 0.712. The molecule has 58 valence electrons. The van der Waals surface area contributed by atoms with Gasteiger partial charge in [-0.2, -0.15) is 0 Å². The molecule has 0 unspecified atom stereocenters. The molecule has 1 nitrogen and oxygen atoms in total. The van der Waals surface area contributed by atoms with E-state index in [9.17, 15) is 0 Å². The lowest BCUT2D eigenvalue weighted by atomic mass is 10.0. The Labute approximate surface area is 63.5 Å². The van der Waals surface area contributed by atoms with E-state index in [1.165, 1.54) is 19.3 Å². The molecule has 0 aliphatic carbocycles. The largest absolute Gasteiger partial charge is 0.314 e. The summed E-state index contributed by atoms with van der Waals surface area (Å²) in [5.41, 5.74) is 1.56. The lowest BCUT2D eigenvalue weighted by molar-refractivity contribution is 0.509. The molecule has 0 aromatic carbocycles. The van der Waals surface area contributed by atoms with Crippen molar-refractivity contribution >= 4 is 0 Å². The van der Waals surface area contributed by atoms with Crippen LogP contribution in [0, 0.1) is 0 Å². The van der Waals surface area contributed by atoms with Gasteiger partial charge in [-0.1, -0.05) is 11.6 Å². The molecule has 1 aliphatic rings. The van der Waals surface area contributed by atoms with Gasteiger partial charge in [-0.25, -0.2) is 0 Å². The monoisotopic (exact) mass is 139 g/mol. The second-order valence-electron chi connectivity index (χ2n) is 3.23. The van der Waals surface area contributed by atoms with E-state index in [4.69, 9.17) is 0 Å². The van der Waals surface area contributed by atoms with E-state index in [2.05, 4.69) is 25.2 Å². The molecule has 0 saturated carbocycles. The molecule has 0 bridgehead atoms. The van der Waals surface area contributed by atoms with Crippen LogP contribution in [-0.2, 0) is 0 Å². The Hall–Kier alpha value is -0.300. The van der Waals surface area contributed by atoms with Crippen molar-refractivity contribution in [1.82, 2.24) is 5.32 Å². The van der Waals surface area contributed by atoms with E-state index in [1.807, 2.05) is 0 Å². The average molecular weight is 139 g/mol. The summed E-state index contributed by atoms with van der Waals surface area (Å²) in [5, 5.41) is 3.46. The van der Waals surface area contributed by atoms with E-state index in [-0.39, 0.29) is 0 Å². The van der Waals surface area contributed by atoms with Gasteiger partial charge in [0.2, 0.25) is 0 Å². The SMILES string of the molecule is C/C1=C\CCN[C@H](C)CC1. The second kappa shape index (κ2) is 3.77. The van der Waals surface area contributed by atoms with Gasteiger partial charge in [-0.05, 0) is 39.7 Å². The second-order valence-corrected chi connectivity index (χ2v) is 3.23. The molecule has 10 heavy (non-hydrogen) atoms. The highest BCUT2D eigenvalue weighted by molar-refractivity contribution is 4.99. The van der Waals surface area contributed by atoms with E-state index in [1.54, 1.807) is 5.57 Å². The fraction of sp³-hybridized carbons (Fsp3) is 0.778. The lowest BCUT2D eigenvalue weighted by Crippen LogP contribution is -2.27. The number of hydrogen-bond acceptors (Lipinski definition) is 1. The van der Waals surface area contributed by atoms with E-state index in [0.29, 0.717) is 6.04 Å². The molecular formula is C9H17N. The number of rotatable bonds is 0. The van der Waals surface area contributed by atoms with E-state index >= 15 is 0 Å². The molecule has 1 heterocycles. The molecule has 0 fully saturated rings. The van der Waals surface area contributed by atoms with E-state index in [0.717, 1.165) is 6.54 Å². The normalized spacial score (nSPS) is 33.8. The molecule has 0 spiro atoms. The molecule has 0 radical (unpaired) electrons. The van der Waals surface area contributed by atoms with Crippen LogP contribution in [0.3, 0.4) is 0 Å². The van der Waals surface area contributed by atoms with Crippen LogP contribution in [0.2, 0.25) is 0 Å². The van der Waals surface area contributed by atoms with Gasteiger partial charge in [-0.3, -0.25) is 0 Å². The van der Waals surface area contributed by atoms with Gasteiger partial charge in [0.1, 0.15) is 0 Å². The highest BCUT2D eigenvalue weighted by Crippen LogP contribution is 2.09. The third kappa shape index (κ3) is 2.53. The zero-order valence-electron chi connectivity index (χ0n) is 6.98. The zero-order valence-corrected chi connectivity index (χ0v) is 6.98. The smallest absolute Gasteiger partial charge is 0.00418 e. The predicted molar refractivity (Wildman–Crippen MR) is 45.1 cm³/mol. The van der Waals surface area contributed by atoms with Crippen molar-refractivity contribution in [2.45, 2.75) is 39.2 Å². The van der Waals surface area contributed by atoms with Crippen molar-refractivity contribution in [3.05, 3.63) is 11.6 Å². The zero-order chi connectivity index (χ0) is 7.40. The first kappa shape index (κ1) is 7.80. The van der Waals surface area contributed by atoms with Gasteiger partial charge in [-0.15, -0.1) is 0 Å².